The van der Waals surface area contributed by atoms with Crippen LogP contribution >= 0.6 is 11.6 Å². The molecule has 0 atom stereocenters. The second-order valence-corrected chi connectivity index (χ2v) is 8.35. The van der Waals surface area contributed by atoms with E-state index in [1.54, 1.807) is 6.07 Å². The number of nitrogens with one attached hydrogen (secondary N) is 2. The van der Waals surface area contributed by atoms with Crippen molar-refractivity contribution in [1.29, 1.82) is 0 Å². The smallest absolute Gasteiger partial charge is 0.282 e. The van der Waals surface area contributed by atoms with Gasteiger partial charge in [-0.3, -0.25) is 9.69 Å². The highest BCUT2D eigenvalue weighted by Crippen LogP contribution is 2.36. The summed E-state index contributed by atoms with van der Waals surface area (Å²) in [6.45, 7) is 4.16. The second kappa shape index (κ2) is 7.20. The Labute approximate surface area is 175 Å². The standard InChI is InChI=1S/C24H22ClN3O/c1-15-5-6-16-12-17(23(26-22(16)11-15)28-9-3-2-4-10-28)13-20-19-14-18(25)7-8-21(19)27-24(20)29/h5-8,11-14H,2-4,9-10H2,1H3,(H,27,29)/p+1/b20-13+. The van der Waals surface area contributed by atoms with Gasteiger partial charge in [0.1, 0.15) is 5.52 Å². The molecule has 1 fully saturated rings. The molecular weight excluding hydrogens is 382 g/mol. The average Bonchev–Trinajstić information content (AvgIpc) is 3.03. The Balaban J connectivity index is 1.69. The number of aryl methyl sites for hydroxylation is 1. The number of benzene rings is 2. The van der Waals surface area contributed by atoms with E-state index in [0.29, 0.717) is 10.6 Å². The Hall–Kier alpha value is -2.85. The third-order valence-electron chi connectivity index (χ3n) is 5.78. The average molecular weight is 405 g/mol. The summed E-state index contributed by atoms with van der Waals surface area (Å²) in [6.07, 6.45) is 5.65. The minimum atomic E-state index is -0.0872. The zero-order valence-electron chi connectivity index (χ0n) is 16.4. The summed E-state index contributed by atoms with van der Waals surface area (Å²) in [5, 5.41) is 4.71. The predicted octanol–water partition coefficient (Wildman–Crippen LogP) is 5.10. The number of fused-ring (bicyclic) bond motifs is 2. The number of H-pyrrole nitrogens is 1. The van der Waals surface area contributed by atoms with Gasteiger partial charge in [-0.1, -0.05) is 23.7 Å². The number of carbonyl (C=O) groups excluding carboxylic acids is 1. The van der Waals surface area contributed by atoms with Crippen molar-refractivity contribution in [1.82, 2.24) is 0 Å². The van der Waals surface area contributed by atoms with Crippen molar-refractivity contribution in [3.8, 4) is 0 Å². The number of nitrogens with zero attached hydrogens (tertiary/aromatic N) is 1. The van der Waals surface area contributed by atoms with Gasteiger partial charge in [-0.05, 0) is 68.2 Å². The number of carbonyl (C=O) groups is 1. The lowest BCUT2D eigenvalue weighted by Crippen LogP contribution is -2.35. The molecule has 5 rings (SSSR count). The molecule has 3 aromatic rings. The maximum absolute atomic E-state index is 12.7. The molecule has 3 heterocycles. The molecule has 0 radical (unpaired) electrons. The maximum atomic E-state index is 12.7. The molecule has 0 spiro atoms. The number of hydrogen-bond acceptors (Lipinski definition) is 2. The normalized spacial score (nSPS) is 17.7. The van der Waals surface area contributed by atoms with Crippen LogP contribution in [0.15, 0.2) is 42.5 Å². The fourth-order valence-electron chi connectivity index (χ4n) is 4.29. The number of aromatic amines is 1. The number of anilines is 2. The lowest BCUT2D eigenvalue weighted by atomic mass is 10.0. The summed E-state index contributed by atoms with van der Waals surface area (Å²) < 4.78 is 0. The first kappa shape index (κ1) is 18.2. The second-order valence-electron chi connectivity index (χ2n) is 7.91. The van der Waals surface area contributed by atoms with Gasteiger partial charge in [-0.2, -0.15) is 0 Å². The zero-order valence-corrected chi connectivity index (χ0v) is 17.1. The zero-order chi connectivity index (χ0) is 20.0. The molecule has 1 amide bonds. The predicted molar refractivity (Wildman–Crippen MR) is 119 cm³/mol. The van der Waals surface area contributed by atoms with E-state index < -0.39 is 0 Å². The summed E-state index contributed by atoms with van der Waals surface area (Å²) >= 11 is 6.20. The van der Waals surface area contributed by atoms with Crippen LogP contribution in [0.1, 0.15) is 36.0 Å². The van der Waals surface area contributed by atoms with E-state index in [-0.39, 0.29) is 5.91 Å². The first-order chi connectivity index (χ1) is 14.1. The third kappa shape index (κ3) is 3.38. The lowest BCUT2D eigenvalue weighted by Gasteiger charge is -2.22. The fourth-order valence-corrected chi connectivity index (χ4v) is 4.46. The van der Waals surface area contributed by atoms with Gasteiger partial charge in [-0.15, -0.1) is 0 Å². The molecule has 2 N–H and O–H groups in total. The SMILES string of the molecule is Cc1ccc2cc(/C=C3/C(=O)Nc4ccc(Cl)cc43)c(N3CCCCC3)[nH+]c2c1. The van der Waals surface area contributed by atoms with Gasteiger partial charge >= 0.3 is 0 Å². The molecule has 1 aromatic heterocycles. The molecule has 29 heavy (non-hydrogen) atoms. The Morgan fingerprint density at radius 1 is 1.07 bits per heavy atom. The highest BCUT2D eigenvalue weighted by molar-refractivity contribution is 6.37. The number of hydrogen-bond donors (Lipinski definition) is 1. The summed E-state index contributed by atoms with van der Waals surface area (Å²) in [5.41, 5.74) is 5.69. The van der Waals surface area contributed by atoms with E-state index in [2.05, 4.69) is 46.4 Å². The van der Waals surface area contributed by atoms with Crippen molar-refractivity contribution < 1.29 is 9.78 Å². The summed E-state index contributed by atoms with van der Waals surface area (Å²) in [6, 6.07) is 14.1. The molecule has 2 aliphatic rings. The summed E-state index contributed by atoms with van der Waals surface area (Å²) in [5.74, 6) is 0.995. The van der Waals surface area contributed by atoms with E-state index in [1.807, 2.05) is 18.2 Å². The van der Waals surface area contributed by atoms with Crippen molar-refractivity contribution in [3.05, 3.63) is 64.2 Å². The molecule has 0 aliphatic carbocycles. The van der Waals surface area contributed by atoms with Gasteiger partial charge in [-0.25, -0.2) is 4.98 Å². The minimum Gasteiger partial charge on any atom is -0.321 e. The van der Waals surface area contributed by atoms with E-state index in [9.17, 15) is 4.79 Å². The number of aromatic nitrogens is 1. The van der Waals surface area contributed by atoms with Crippen LogP contribution in [0, 0.1) is 6.92 Å². The number of rotatable bonds is 2. The van der Waals surface area contributed by atoms with Crippen LogP contribution in [0.4, 0.5) is 11.5 Å². The Kier molecular flexibility index (Phi) is 4.51. The summed E-state index contributed by atoms with van der Waals surface area (Å²) in [7, 11) is 0. The van der Waals surface area contributed by atoms with E-state index in [1.165, 1.54) is 24.8 Å². The minimum absolute atomic E-state index is 0.0872. The number of halogens is 1. The molecule has 4 nitrogen and oxygen atoms in total. The lowest BCUT2D eigenvalue weighted by molar-refractivity contribution is -0.331. The van der Waals surface area contributed by atoms with Gasteiger partial charge in [0.15, 0.2) is 0 Å². The largest absolute Gasteiger partial charge is 0.321 e. The first-order valence-corrected chi connectivity index (χ1v) is 10.5. The van der Waals surface area contributed by atoms with Crippen molar-refractivity contribution in [3.63, 3.8) is 0 Å². The number of piperidine rings is 1. The molecule has 0 unspecified atom stereocenters. The van der Waals surface area contributed by atoms with Crippen LogP contribution in [-0.4, -0.2) is 19.0 Å². The van der Waals surface area contributed by atoms with E-state index in [0.717, 1.165) is 46.6 Å². The molecule has 1 saturated heterocycles. The first-order valence-electron chi connectivity index (χ1n) is 10.1. The molecule has 0 saturated carbocycles. The van der Waals surface area contributed by atoms with Crippen LogP contribution in [-0.2, 0) is 4.79 Å². The highest BCUT2D eigenvalue weighted by Gasteiger charge is 2.27. The Morgan fingerprint density at radius 2 is 1.90 bits per heavy atom. The monoisotopic (exact) mass is 404 g/mol. The van der Waals surface area contributed by atoms with Crippen molar-refractivity contribution >= 4 is 51.6 Å². The molecule has 0 bridgehead atoms. The number of pyridine rings is 1. The number of amides is 1. The van der Waals surface area contributed by atoms with Crippen molar-refractivity contribution in [2.45, 2.75) is 26.2 Å². The molecular formula is C24H23ClN3O+. The maximum Gasteiger partial charge on any atom is 0.282 e. The van der Waals surface area contributed by atoms with Crippen LogP contribution in [0.3, 0.4) is 0 Å². The summed E-state index contributed by atoms with van der Waals surface area (Å²) in [4.78, 5) is 18.8. The van der Waals surface area contributed by atoms with Gasteiger partial charge in [0.2, 0.25) is 0 Å². The van der Waals surface area contributed by atoms with Crippen molar-refractivity contribution in [2.75, 3.05) is 23.3 Å². The van der Waals surface area contributed by atoms with Crippen LogP contribution in [0.2, 0.25) is 5.02 Å². The van der Waals surface area contributed by atoms with Crippen molar-refractivity contribution in [2.24, 2.45) is 0 Å². The molecule has 5 heteroatoms. The van der Waals surface area contributed by atoms with Gasteiger partial charge in [0.05, 0.1) is 18.7 Å². The Bertz CT molecular complexity index is 1160. The van der Waals surface area contributed by atoms with Crippen LogP contribution < -0.4 is 15.2 Å². The van der Waals surface area contributed by atoms with Gasteiger partial charge in [0, 0.05) is 27.2 Å². The molecule has 2 aromatic carbocycles. The molecule has 146 valence electrons. The topological polar surface area (TPSA) is 46.5 Å². The van der Waals surface area contributed by atoms with Gasteiger partial charge in [0.25, 0.3) is 11.7 Å². The highest BCUT2D eigenvalue weighted by atomic mass is 35.5. The Morgan fingerprint density at radius 3 is 2.72 bits per heavy atom. The third-order valence-corrected chi connectivity index (χ3v) is 6.02. The molecule has 2 aliphatic heterocycles. The quantitative estimate of drug-likeness (QED) is 0.604. The van der Waals surface area contributed by atoms with Crippen LogP contribution in [0.5, 0.6) is 0 Å². The van der Waals surface area contributed by atoms with E-state index >= 15 is 0 Å². The fraction of sp³-hybridized carbons (Fsp3) is 0.250. The van der Waals surface area contributed by atoms with Gasteiger partial charge < -0.3 is 5.32 Å². The van der Waals surface area contributed by atoms with E-state index in [4.69, 9.17) is 11.6 Å². The van der Waals surface area contributed by atoms with Crippen LogP contribution in [0.25, 0.3) is 22.6 Å².